The lowest BCUT2D eigenvalue weighted by molar-refractivity contribution is 0.0698. The summed E-state index contributed by atoms with van der Waals surface area (Å²) in [6.45, 7) is 1.73. The van der Waals surface area contributed by atoms with Gasteiger partial charge in [0, 0.05) is 11.4 Å². The molecule has 0 amide bonds. The number of nitriles is 1. The third-order valence-electron chi connectivity index (χ3n) is 2.99. The lowest BCUT2D eigenvalue weighted by Gasteiger charge is -2.12. The molecule has 0 fully saturated rings. The minimum Gasteiger partial charge on any atom is -0.478 e. The first-order valence-electron chi connectivity index (χ1n) is 6.02. The van der Waals surface area contributed by atoms with E-state index in [-0.39, 0.29) is 11.3 Å². The Morgan fingerprint density at radius 2 is 2.10 bits per heavy atom. The number of nitrogens with zero attached hydrogens (tertiary/aromatic N) is 1. The second kappa shape index (κ2) is 5.73. The zero-order valence-electron chi connectivity index (χ0n) is 11.1. The number of carbonyl (C=O) groups is 1. The van der Waals surface area contributed by atoms with Crippen LogP contribution < -0.4 is 11.1 Å². The Kier molecular flexibility index (Phi) is 4.01. The predicted octanol–water partition coefficient (Wildman–Crippen LogP) is 3.54. The first kappa shape index (κ1) is 14.7. The van der Waals surface area contributed by atoms with Gasteiger partial charge in [0.15, 0.2) is 0 Å². The number of rotatable bonds is 3. The van der Waals surface area contributed by atoms with Crippen molar-refractivity contribution >= 4 is 34.6 Å². The van der Waals surface area contributed by atoms with Crippen LogP contribution in [-0.2, 0) is 0 Å². The number of aromatic carboxylic acids is 1. The molecule has 2 rings (SSSR count). The van der Waals surface area contributed by atoms with Gasteiger partial charge in [0.2, 0.25) is 0 Å². The number of benzene rings is 2. The molecule has 0 radical (unpaired) electrons. The van der Waals surface area contributed by atoms with Gasteiger partial charge in [-0.05, 0) is 42.8 Å². The Hall–Kier alpha value is -2.71. The van der Waals surface area contributed by atoms with Gasteiger partial charge in [0.1, 0.15) is 0 Å². The summed E-state index contributed by atoms with van der Waals surface area (Å²) in [6.07, 6.45) is 0. The molecule has 0 bridgehead atoms. The summed E-state index contributed by atoms with van der Waals surface area (Å²) in [4.78, 5) is 11.2. The summed E-state index contributed by atoms with van der Waals surface area (Å²) in [6, 6.07) is 9.98. The monoisotopic (exact) mass is 301 g/mol. The average Bonchev–Trinajstić information content (AvgIpc) is 2.44. The Morgan fingerprint density at radius 1 is 1.38 bits per heavy atom. The Balaban J connectivity index is 2.41. The molecule has 0 aromatic heterocycles. The maximum absolute atomic E-state index is 11.2. The number of carboxylic acids is 1. The van der Waals surface area contributed by atoms with E-state index in [0.29, 0.717) is 27.5 Å². The van der Waals surface area contributed by atoms with Gasteiger partial charge in [0.05, 0.1) is 27.9 Å². The second-order valence-electron chi connectivity index (χ2n) is 4.49. The largest absolute Gasteiger partial charge is 0.478 e. The molecular formula is C15H12ClN3O2. The Labute approximate surface area is 126 Å². The van der Waals surface area contributed by atoms with Crippen molar-refractivity contribution in [1.82, 2.24) is 0 Å². The highest BCUT2D eigenvalue weighted by atomic mass is 35.5. The quantitative estimate of drug-likeness (QED) is 0.753. The number of nitrogen functional groups attached to an aromatic ring is 1. The summed E-state index contributed by atoms with van der Waals surface area (Å²) in [7, 11) is 0. The third-order valence-corrected chi connectivity index (χ3v) is 3.31. The SMILES string of the molecule is Cc1cc(Nc2ccc(C#N)cc2Cl)cc(C(=O)O)c1N. The van der Waals surface area contributed by atoms with Crippen LogP contribution >= 0.6 is 11.6 Å². The van der Waals surface area contributed by atoms with E-state index in [4.69, 9.17) is 27.7 Å². The zero-order valence-corrected chi connectivity index (χ0v) is 11.9. The van der Waals surface area contributed by atoms with Crippen LogP contribution in [0, 0.1) is 18.3 Å². The highest BCUT2D eigenvalue weighted by Gasteiger charge is 2.12. The van der Waals surface area contributed by atoms with Crippen LogP contribution in [0.15, 0.2) is 30.3 Å². The number of anilines is 3. The molecule has 2 aromatic carbocycles. The number of hydrogen-bond acceptors (Lipinski definition) is 4. The van der Waals surface area contributed by atoms with E-state index >= 15 is 0 Å². The molecule has 0 spiro atoms. The number of hydrogen-bond donors (Lipinski definition) is 3. The molecule has 4 N–H and O–H groups in total. The first-order chi connectivity index (χ1) is 9.92. The lowest BCUT2D eigenvalue weighted by atomic mass is 10.1. The fourth-order valence-corrected chi connectivity index (χ4v) is 2.12. The van der Waals surface area contributed by atoms with Gasteiger partial charge in [-0.15, -0.1) is 0 Å². The van der Waals surface area contributed by atoms with Crippen molar-refractivity contribution in [3.63, 3.8) is 0 Å². The maximum atomic E-state index is 11.2. The molecular weight excluding hydrogens is 290 g/mol. The van der Waals surface area contributed by atoms with Crippen LogP contribution in [0.1, 0.15) is 21.5 Å². The van der Waals surface area contributed by atoms with E-state index in [2.05, 4.69) is 5.32 Å². The van der Waals surface area contributed by atoms with Crippen LogP contribution in [0.2, 0.25) is 5.02 Å². The van der Waals surface area contributed by atoms with Gasteiger partial charge in [0.25, 0.3) is 0 Å². The first-order valence-corrected chi connectivity index (χ1v) is 6.40. The van der Waals surface area contributed by atoms with Crippen LogP contribution in [0.25, 0.3) is 0 Å². The highest BCUT2D eigenvalue weighted by molar-refractivity contribution is 6.33. The molecule has 6 heteroatoms. The number of carboxylic acid groups (broad SMARTS) is 1. The number of halogens is 1. The second-order valence-corrected chi connectivity index (χ2v) is 4.90. The van der Waals surface area contributed by atoms with E-state index in [1.165, 1.54) is 12.1 Å². The molecule has 21 heavy (non-hydrogen) atoms. The predicted molar refractivity (Wildman–Crippen MR) is 82.0 cm³/mol. The van der Waals surface area contributed by atoms with Crippen LogP contribution in [0.5, 0.6) is 0 Å². The van der Waals surface area contributed by atoms with Crippen molar-refractivity contribution in [1.29, 1.82) is 5.26 Å². The van der Waals surface area contributed by atoms with Gasteiger partial charge >= 0.3 is 5.97 Å². The van der Waals surface area contributed by atoms with E-state index in [9.17, 15) is 4.79 Å². The van der Waals surface area contributed by atoms with Crippen LogP contribution in [-0.4, -0.2) is 11.1 Å². The topological polar surface area (TPSA) is 99.1 Å². The highest BCUT2D eigenvalue weighted by Crippen LogP contribution is 2.29. The van der Waals surface area contributed by atoms with E-state index < -0.39 is 5.97 Å². The minimum atomic E-state index is -1.09. The van der Waals surface area contributed by atoms with Gasteiger partial charge in [-0.2, -0.15) is 5.26 Å². The van der Waals surface area contributed by atoms with Gasteiger partial charge < -0.3 is 16.2 Å². The molecule has 0 aliphatic rings. The molecule has 5 nitrogen and oxygen atoms in total. The van der Waals surface area contributed by atoms with Crippen LogP contribution in [0.3, 0.4) is 0 Å². The van der Waals surface area contributed by atoms with Crippen molar-refractivity contribution in [2.75, 3.05) is 11.1 Å². The van der Waals surface area contributed by atoms with Crippen molar-refractivity contribution in [2.24, 2.45) is 0 Å². The molecule has 106 valence electrons. The average molecular weight is 302 g/mol. The van der Waals surface area contributed by atoms with Crippen molar-refractivity contribution in [2.45, 2.75) is 6.92 Å². The van der Waals surface area contributed by atoms with E-state index in [1.54, 1.807) is 25.1 Å². The van der Waals surface area contributed by atoms with Crippen molar-refractivity contribution in [3.05, 3.63) is 52.0 Å². The molecule has 0 saturated heterocycles. The van der Waals surface area contributed by atoms with E-state index in [1.807, 2.05) is 6.07 Å². The fourth-order valence-electron chi connectivity index (χ4n) is 1.89. The maximum Gasteiger partial charge on any atom is 0.337 e. The molecule has 0 aliphatic carbocycles. The number of aryl methyl sites for hydroxylation is 1. The molecule has 0 aliphatic heterocycles. The van der Waals surface area contributed by atoms with Crippen molar-refractivity contribution in [3.8, 4) is 6.07 Å². The molecule has 0 saturated carbocycles. The zero-order chi connectivity index (χ0) is 15.6. The van der Waals surface area contributed by atoms with Gasteiger partial charge in [-0.3, -0.25) is 0 Å². The molecule has 0 unspecified atom stereocenters. The number of nitrogens with two attached hydrogens (primary N) is 1. The molecule has 0 heterocycles. The smallest absolute Gasteiger partial charge is 0.337 e. The summed E-state index contributed by atoms with van der Waals surface area (Å²) in [5.41, 5.74) is 8.25. The summed E-state index contributed by atoms with van der Waals surface area (Å²) in [5, 5.41) is 21.3. The number of nitrogens with one attached hydrogen (secondary N) is 1. The van der Waals surface area contributed by atoms with Crippen molar-refractivity contribution < 1.29 is 9.90 Å². The lowest BCUT2D eigenvalue weighted by Crippen LogP contribution is -2.05. The van der Waals surface area contributed by atoms with E-state index in [0.717, 1.165) is 0 Å². The normalized spacial score (nSPS) is 9.95. The van der Waals surface area contributed by atoms with Gasteiger partial charge in [-0.25, -0.2) is 4.79 Å². The summed E-state index contributed by atoms with van der Waals surface area (Å²) >= 11 is 6.08. The molecule has 2 aromatic rings. The molecule has 0 atom stereocenters. The van der Waals surface area contributed by atoms with Crippen LogP contribution in [0.4, 0.5) is 17.1 Å². The Morgan fingerprint density at radius 3 is 2.67 bits per heavy atom. The fraction of sp³-hybridized carbons (Fsp3) is 0.0667. The minimum absolute atomic E-state index is 0.0299. The summed E-state index contributed by atoms with van der Waals surface area (Å²) in [5.74, 6) is -1.09. The third kappa shape index (κ3) is 3.07. The summed E-state index contributed by atoms with van der Waals surface area (Å²) < 4.78 is 0. The van der Waals surface area contributed by atoms with Gasteiger partial charge in [-0.1, -0.05) is 11.6 Å². The Bertz CT molecular complexity index is 766. The standard InChI is InChI=1S/C15H12ClN3O2/c1-8-4-10(6-11(14(8)18)15(20)21)19-13-3-2-9(7-17)5-12(13)16/h2-6,19H,18H2,1H3,(H,20,21).